The first-order valence-electron chi connectivity index (χ1n) is 13.1. The molecule has 1 aromatic carbocycles. The average Bonchev–Trinajstić information content (AvgIpc) is 2.94. The molecule has 0 aliphatic carbocycles. The lowest BCUT2D eigenvalue weighted by Gasteiger charge is -2.34. The fraction of sp³-hybridized carbons (Fsp3) is 0.483. The van der Waals surface area contributed by atoms with Gasteiger partial charge in [-0.05, 0) is 68.5 Å². The van der Waals surface area contributed by atoms with Gasteiger partial charge in [-0.1, -0.05) is 6.07 Å². The van der Waals surface area contributed by atoms with Gasteiger partial charge in [-0.15, -0.1) is 0 Å². The third-order valence-electron chi connectivity index (χ3n) is 7.31. The zero-order valence-electron chi connectivity index (χ0n) is 21.5. The molecular formula is C29H37N5O2. The number of likely N-dealkylation sites (tertiary alicyclic amines) is 1. The number of nitrogens with zero attached hydrogens (tertiary/aromatic N) is 5. The molecule has 0 radical (unpaired) electrons. The second-order valence-corrected chi connectivity index (χ2v) is 9.92. The van der Waals surface area contributed by atoms with Gasteiger partial charge in [-0.25, -0.2) is 9.97 Å². The molecule has 2 aliphatic rings. The molecule has 36 heavy (non-hydrogen) atoms. The van der Waals surface area contributed by atoms with Gasteiger partial charge >= 0.3 is 0 Å². The summed E-state index contributed by atoms with van der Waals surface area (Å²) in [4.78, 5) is 19.4. The number of methoxy groups -OCH3 is 2. The van der Waals surface area contributed by atoms with Crippen molar-refractivity contribution in [3.63, 3.8) is 0 Å². The van der Waals surface area contributed by atoms with Crippen molar-refractivity contribution >= 4 is 5.82 Å². The molecule has 1 atom stereocenters. The second kappa shape index (κ2) is 11.8. The Kier molecular flexibility index (Phi) is 8.08. The van der Waals surface area contributed by atoms with Crippen molar-refractivity contribution in [2.75, 3.05) is 45.3 Å². The summed E-state index contributed by atoms with van der Waals surface area (Å²) in [5.41, 5.74) is 4.50. The maximum absolute atomic E-state index is 5.68. The molecule has 0 bridgehead atoms. The van der Waals surface area contributed by atoms with Crippen molar-refractivity contribution in [3.05, 3.63) is 65.6 Å². The van der Waals surface area contributed by atoms with Gasteiger partial charge in [-0.2, -0.15) is 0 Å². The van der Waals surface area contributed by atoms with E-state index >= 15 is 0 Å². The topological polar surface area (TPSA) is 63.6 Å². The maximum Gasteiger partial charge on any atom is 0.163 e. The minimum absolute atomic E-state index is 0.369. The predicted octanol–water partition coefficient (Wildman–Crippen LogP) is 5.06. The maximum atomic E-state index is 5.68. The van der Waals surface area contributed by atoms with Gasteiger partial charge in [0.2, 0.25) is 0 Å². The van der Waals surface area contributed by atoms with Crippen LogP contribution in [-0.2, 0) is 17.9 Å². The Bertz CT molecular complexity index is 1130. The number of benzene rings is 1. The third kappa shape index (κ3) is 5.85. The fourth-order valence-electron chi connectivity index (χ4n) is 5.46. The lowest BCUT2D eigenvalue weighted by molar-refractivity contribution is 0.183. The van der Waals surface area contributed by atoms with Gasteiger partial charge in [-0.3, -0.25) is 9.88 Å². The van der Waals surface area contributed by atoms with Crippen molar-refractivity contribution < 1.29 is 9.47 Å². The molecule has 7 nitrogen and oxygen atoms in total. The van der Waals surface area contributed by atoms with E-state index in [0.717, 1.165) is 74.2 Å². The summed E-state index contributed by atoms with van der Waals surface area (Å²) in [6.07, 6.45) is 9.71. The zero-order valence-corrected chi connectivity index (χ0v) is 21.5. The van der Waals surface area contributed by atoms with Crippen LogP contribution in [-0.4, -0.2) is 60.3 Å². The summed E-state index contributed by atoms with van der Waals surface area (Å²) in [6, 6.07) is 12.6. The SMILES string of the molecule is COCc1ccc(OC)c(CN2CCC[C@@H](c3cc(N4CCCCC4)nc(-c4cccnc4)n3)C2)c1. The molecule has 190 valence electrons. The number of anilines is 1. The fourth-order valence-corrected chi connectivity index (χ4v) is 5.46. The number of pyridine rings is 1. The van der Waals surface area contributed by atoms with Crippen LogP contribution in [0.15, 0.2) is 48.8 Å². The molecule has 7 heteroatoms. The smallest absolute Gasteiger partial charge is 0.163 e. The Morgan fingerprint density at radius 1 is 0.972 bits per heavy atom. The van der Waals surface area contributed by atoms with Crippen LogP contribution in [0.25, 0.3) is 11.4 Å². The lowest BCUT2D eigenvalue weighted by Crippen LogP contribution is -2.35. The predicted molar refractivity (Wildman–Crippen MR) is 142 cm³/mol. The van der Waals surface area contributed by atoms with Gasteiger partial charge in [0.1, 0.15) is 11.6 Å². The molecule has 2 saturated heterocycles. The van der Waals surface area contributed by atoms with Crippen molar-refractivity contribution in [1.29, 1.82) is 0 Å². The summed E-state index contributed by atoms with van der Waals surface area (Å²) in [6.45, 7) is 5.65. The summed E-state index contributed by atoms with van der Waals surface area (Å²) in [5, 5.41) is 0. The van der Waals surface area contributed by atoms with E-state index in [1.165, 1.54) is 30.4 Å². The largest absolute Gasteiger partial charge is 0.496 e. The van der Waals surface area contributed by atoms with Crippen LogP contribution in [0, 0.1) is 0 Å². The summed E-state index contributed by atoms with van der Waals surface area (Å²) in [7, 11) is 3.48. The van der Waals surface area contributed by atoms with Crippen LogP contribution >= 0.6 is 0 Å². The lowest BCUT2D eigenvalue weighted by atomic mass is 9.93. The highest BCUT2D eigenvalue weighted by Crippen LogP contribution is 2.32. The van der Waals surface area contributed by atoms with Gasteiger partial charge in [0, 0.05) is 68.8 Å². The Hall–Kier alpha value is -3.03. The van der Waals surface area contributed by atoms with E-state index in [0.29, 0.717) is 12.5 Å². The van der Waals surface area contributed by atoms with E-state index in [1.807, 2.05) is 12.3 Å². The van der Waals surface area contributed by atoms with Gasteiger partial charge in [0.05, 0.1) is 19.4 Å². The number of hydrogen-bond acceptors (Lipinski definition) is 7. The Balaban J connectivity index is 1.40. The van der Waals surface area contributed by atoms with E-state index in [2.05, 4.69) is 45.1 Å². The second-order valence-electron chi connectivity index (χ2n) is 9.92. The molecular weight excluding hydrogens is 450 g/mol. The Morgan fingerprint density at radius 2 is 1.86 bits per heavy atom. The Morgan fingerprint density at radius 3 is 2.64 bits per heavy atom. The third-order valence-corrected chi connectivity index (χ3v) is 7.31. The number of aromatic nitrogens is 3. The van der Waals surface area contributed by atoms with Crippen molar-refractivity contribution in [2.24, 2.45) is 0 Å². The highest BCUT2D eigenvalue weighted by atomic mass is 16.5. The van der Waals surface area contributed by atoms with Crippen LogP contribution in [0.2, 0.25) is 0 Å². The van der Waals surface area contributed by atoms with Gasteiger partial charge in [0.25, 0.3) is 0 Å². The first-order chi connectivity index (χ1) is 17.7. The molecule has 0 N–H and O–H groups in total. The van der Waals surface area contributed by atoms with Gasteiger partial charge < -0.3 is 14.4 Å². The molecule has 5 rings (SSSR count). The van der Waals surface area contributed by atoms with Crippen LogP contribution in [0.4, 0.5) is 5.82 Å². The van der Waals surface area contributed by atoms with E-state index in [9.17, 15) is 0 Å². The average molecular weight is 488 g/mol. The molecule has 0 spiro atoms. The standard InChI is InChI=1S/C29H37N5O2/c1-35-21-22-10-11-27(36-2)25(16-22)20-33-13-7-9-24(19-33)26-17-28(34-14-4-3-5-15-34)32-29(31-26)23-8-6-12-30-18-23/h6,8,10-12,16-18,24H,3-5,7,9,13-15,19-21H2,1-2H3/t24-/m1/s1. The van der Waals surface area contributed by atoms with Crippen LogP contribution < -0.4 is 9.64 Å². The number of piperidine rings is 2. The van der Waals surface area contributed by atoms with Crippen molar-refractivity contribution in [2.45, 2.75) is 51.2 Å². The molecule has 4 heterocycles. The first-order valence-corrected chi connectivity index (χ1v) is 13.1. The number of rotatable bonds is 8. The number of ether oxygens (including phenoxy) is 2. The minimum Gasteiger partial charge on any atom is -0.496 e. The zero-order chi connectivity index (χ0) is 24.7. The quantitative estimate of drug-likeness (QED) is 0.440. The minimum atomic E-state index is 0.369. The van der Waals surface area contributed by atoms with Crippen molar-refractivity contribution in [3.8, 4) is 17.1 Å². The van der Waals surface area contributed by atoms with Crippen LogP contribution in [0.5, 0.6) is 5.75 Å². The molecule has 3 aromatic rings. The first kappa shape index (κ1) is 24.7. The van der Waals surface area contributed by atoms with Crippen LogP contribution in [0.1, 0.15) is 54.8 Å². The summed E-state index contributed by atoms with van der Waals surface area (Å²) < 4.78 is 11.0. The van der Waals surface area contributed by atoms with E-state index in [-0.39, 0.29) is 0 Å². The Labute approximate surface area is 214 Å². The summed E-state index contributed by atoms with van der Waals surface area (Å²) in [5.74, 6) is 3.15. The van der Waals surface area contributed by atoms with E-state index < -0.39 is 0 Å². The summed E-state index contributed by atoms with van der Waals surface area (Å²) >= 11 is 0. The van der Waals surface area contributed by atoms with Crippen LogP contribution in [0.3, 0.4) is 0 Å². The highest BCUT2D eigenvalue weighted by molar-refractivity contribution is 5.57. The molecule has 2 fully saturated rings. The highest BCUT2D eigenvalue weighted by Gasteiger charge is 2.26. The molecule has 2 aliphatic heterocycles. The molecule has 0 saturated carbocycles. The number of hydrogen-bond donors (Lipinski definition) is 0. The molecule has 0 unspecified atom stereocenters. The normalized spacial score (nSPS) is 18.8. The van der Waals surface area contributed by atoms with Crippen molar-refractivity contribution in [1.82, 2.24) is 19.9 Å². The van der Waals surface area contributed by atoms with Gasteiger partial charge in [0.15, 0.2) is 5.82 Å². The van der Waals surface area contributed by atoms with E-state index in [4.69, 9.17) is 19.4 Å². The monoisotopic (exact) mass is 487 g/mol. The molecule has 0 amide bonds. The molecule has 2 aromatic heterocycles. The van der Waals surface area contributed by atoms with E-state index in [1.54, 1.807) is 20.4 Å².